The predicted octanol–water partition coefficient (Wildman–Crippen LogP) is 2.71. The Morgan fingerprint density at radius 2 is 2.05 bits per heavy atom. The van der Waals surface area contributed by atoms with E-state index in [2.05, 4.69) is 19.2 Å². The number of aliphatic carboxylic acids is 1. The summed E-state index contributed by atoms with van der Waals surface area (Å²) in [6.45, 7) is 8.66. The van der Waals surface area contributed by atoms with E-state index >= 15 is 0 Å². The lowest BCUT2D eigenvalue weighted by Gasteiger charge is -2.40. The van der Waals surface area contributed by atoms with Gasteiger partial charge in [-0.05, 0) is 25.2 Å². The highest BCUT2D eigenvalue weighted by Gasteiger charge is 2.34. The third-order valence-electron chi connectivity index (χ3n) is 4.39. The van der Waals surface area contributed by atoms with Crippen LogP contribution in [0, 0.1) is 11.3 Å². The average Bonchev–Trinajstić information content (AvgIpc) is 2.37. The van der Waals surface area contributed by atoms with Crippen LogP contribution >= 0.6 is 0 Å². The van der Waals surface area contributed by atoms with Gasteiger partial charge in [0.1, 0.15) is 0 Å². The van der Waals surface area contributed by atoms with E-state index in [4.69, 9.17) is 5.11 Å². The van der Waals surface area contributed by atoms with Crippen LogP contribution in [0.5, 0.6) is 0 Å². The minimum Gasteiger partial charge on any atom is -0.481 e. The highest BCUT2D eigenvalue weighted by molar-refractivity contribution is 5.76. The molecule has 1 aliphatic rings. The first-order valence-electron chi connectivity index (χ1n) is 7.56. The standard InChI is InChI=1S/C15H28N2O3/c1-5-17(10-11(2)13(18)19)14(20)16-12-8-6-7-9-15(12,3)4/h11-12H,5-10H2,1-4H3,(H,16,20)(H,18,19). The maximum absolute atomic E-state index is 12.3. The first-order chi connectivity index (χ1) is 9.27. The average molecular weight is 284 g/mol. The summed E-state index contributed by atoms with van der Waals surface area (Å²) in [5.74, 6) is -1.41. The lowest BCUT2D eigenvalue weighted by molar-refractivity contribution is -0.141. The van der Waals surface area contributed by atoms with Gasteiger partial charge in [0.15, 0.2) is 0 Å². The van der Waals surface area contributed by atoms with Crippen molar-refractivity contribution in [3.8, 4) is 0 Å². The molecular weight excluding hydrogens is 256 g/mol. The topological polar surface area (TPSA) is 69.6 Å². The molecule has 0 aromatic heterocycles. The number of nitrogens with one attached hydrogen (secondary N) is 1. The van der Waals surface area contributed by atoms with Crippen LogP contribution in [0.25, 0.3) is 0 Å². The van der Waals surface area contributed by atoms with E-state index in [9.17, 15) is 9.59 Å². The molecule has 1 fully saturated rings. The molecule has 1 saturated carbocycles. The smallest absolute Gasteiger partial charge is 0.317 e. The van der Waals surface area contributed by atoms with Crippen LogP contribution in [0.1, 0.15) is 53.4 Å². The zero-order chi connectivity index (χ0) is 15.3. The van der Waals surface area contributed by atoms with Crippen LogP contribution < -0.4 is 5.32 Å². The lowest BCUT2D eigenvalue weighted by Crippen LogP contribution is -2.52. The molecule has 0 bridgehead atoms. The number of amides is 2. The fourth-order valence-corrected chi connectivity index (χ4v) is 2.77. The maximum Gasteiger partial charge on any atom is 0.317 e. The third-order valence-corrected chi connectivity index (χ3v) is 4.39. The number of rotatable bonds is 5. The number of carbonyl (C=O) groups is 2. The molecule has 1 aliphatic carbocycles. The van der Waals surface area contributed by atoms with Gasteiger partial charge < -0.3 is 15.3 Å². The number of hydrogen-bond acceptors (Lipinski definition) is 2. The monoisotopic (exact) mass is 284 g/mol. The zero-order valence-electron chi connectivity index (χ0n) is 13.1. The SMILES string of the molecule is CCN(CC(C)C(=O)O)C(=O)NC1CCCCC1(C)C. The largest absolute Gasteiger partial charge is 0.481 e. The van der Waals surface area contributed by atoms with E-state index in [0.29, 0.717) is 6.54 Å². The summed E-state index contributed by atoms with van der Waals surface area (Å²) in [6, 6.07) is 0.0403. The van der Waals surface area contributed by atoms with E-state index in [1.54, 1.807) is 11.8 Å². The Bertz CT molecular complexity index is 355. The van der Waals surface area contributed by atoms with Crippen LogP contribution in [0.15, 0.2) is 0 Å². The molecule has 5 heteroatoms. The summed E-state index contributed by atoms with van der Waals surface area (Å²) in [4.78, 5) is 24.8. The molecule has 20 heavy (non-hydrogen) atoms. The fourth-order valence-electron chi connectivity index (χ4n) is 2.77. The van der Waals surface area contributed by atoms with Crippen molar-refractivity contribution in [2.45, 2.75) is 59.4 Å². The predicted molar refractivity (Wildman–Crippen MR) is 78.6 cm³/mol. The van der Waals surface area contributed by atoms with Crippen molar-refractivity contribution in [1.29, 1.82) is 0 Å². The molecule has 2 unspecified atom stereocenters. The molecular formula is C15H28N2O3. The molecule has 0 aromatic carbocycles. The second-order valence-electron chi connectivity index (χ2n) is 6.51. The van der Waals surface area contributed by atoms with Crippen LogP contribution in [-0.4, -0.2) is 41.1 Å². The van der Waals surface area contributed by atoms with Gasteiger partial charge in [-0.1, -0.05) is 33.6 Å². The summed E-state index contributed by atoms with van der Waals surface area (Å²) < 4.78 is 0. The van der Waals surface area contributed by atoms with Crippen molar-refractivity contribution >= 4 is 12.0 Å². The lowest BCUT2D eigenvalue weighted by atomic mass is 9.73. The highest BCUT2D eigenvalue weighted by atomic mass is 16.4. The number of nitrogens with zero attached hydrogens (tertiary/aromatic N) is 1. The van der Waals surface area contributed by atoms with Gasteiger partial charge in [0.25, 0.3) is 0 Å². The molecule has 2 amide bonds. The van der Waals surface area contributed by atoms with E-state index in [1.165, 1.54) is 6.42 Å². The van der Waals surface area contributed by atoms with Crippen molar-refractivity contribution in [3.05, 3.63) is 0 Å². The maximum atomic E-state index is 12.3. The summed E-state index contributed by atoms with van der Waals surface area (Å²) >= 11 is 0. The number of carbonyl (C=O) groups excluding carboxylic acids is 1. The molecule has 2 atom stereocenters. The molecule has 5 nitrogen and oxygen atoms in total. The number of carboxylic acids is 1. The Hall–Kier alpha value is -1.26. The van der Waals surface area contributed by atoms with Crippen molar-refractivity contribution in [2.24, 2.45) is 11.3 Å². The van der Waals surface area contributed by atoms with Gasteiger partial charge >= 0.3 is 12.0 Å². The second-order valence-corrected chi connectivity index (χ2v) is 6.51. The van der Waals surface area contributed by atoms with Crippen LogP contribution in [-0.2, 0) is 4.79 Å². The van der Waals surface area contributed by atoms with Crippen molar-refractivity contribution < 1.29 is 14.7 Å². The summed E-state index contributed by atoms with van der Waals surface area (Å²) in [6.07, 6.45) is 4.49. The Morgan fingerprint density at radius 3 is 2.55 bits per heavy atom. The van der Waals surface area contributed by atoms with Crippen molar-refractivity contribution in [3.63, 3.8) is 0 Å². The molecule has 0 heterocycles. The van der Waals surface area contributed by atoms with Crippen LogP contribution in [0.2, 0.25) is 0 Å². The summed E-state index contributed by atoms with van der Waals surface area (Å²) in [7, 11) is 0. The van der Waals surface area contributed by atoms with E-state index in [1.807, 2.05) is 6.92 Å². The van der Waals surface area contributed by atoms with Gasteiger partial charge in [0.2, 0.25) is 0 Å². The normalized spacial score (nSPS) is 22.9. The van der Waals surface area contributed by atoms with Crippen LogP contribution in [0.3, 0.4) is 0 Å². The number of carboxylic acid groups (broad SMARTS) is 1. The molecule has 0 aliphatic heterocycles. The first kappa shape index (κ1) is 16.8. The third kappa shape index (κ3) is 4.39. The van der Waals surface area contributed by atoms with Gasteiger partial charge in [-0.3, -0.25) is 4.79 Å². The van der Waals surface area contributed by atoms with Crippen molar-refractivity contribution in [2.75, 3.05) is 13.1 Å². The highest BCUT2D eigenvalue weighted by Crippen LogP contribution is 2.35. The van der Waals surface area contributed by atoms with Gasteiger partial charge in [-0.15, -0.1) is 0 Å². The minimum absolute atomic E-state index is 0.117. The molecule has 116 valence electrons. The Labute approximate surface area is 121 Å². The molecule has 2 N–H and O–H groups in total. The van der Waals surface area contributed by atoms with Gasteiger partial charge in [0, 0.05) is 19.1 Å². The Balaban J connectivity index is 2.60. The van der Waals surface area contributed by atoms with Crippen LogP contribution in [0.4, 0.5) is 4.79 Å². The van der Waals surface area contributed by atoms with Gasteiger partial charge in [-0.25, -0.2) is 4.79 Å². The molecule has 0 radical (unpaired) electrons. The first-order valence-corrected chi connectivity index (χ1v) is 7.56. The Kier molecular flexibility index (Phi) is 5.84. The fraction of sp³-hybridized carbons (Fsp3) is 0.867. The zero-order valence-corrected chi connectivity index (χ0v) is 13.1. The molecule has 0 aromatic rings. The van der Waals surface area contributed by atoms with E-state index < -0.39 is 11.9 Å². The molecule has 1 rings (SSSR count). The van der Waals surface area contributed by atoms with E-state index in [0.717, 1.165) is 19.3 Å². The Morgan fingerprint density at radius 1 is 1.40 bits per heavy atom. The summed E-state index contributed by atoms with van der Waals surface area (Å²) in [5.41, 5.74) is 0.117. The second kappa shape index (κ2) is 6.95. The number of hydrogen-bond donors (Lipinski definition) is 2. The van der Waals surface area contributed by atoms with E-state index in [-0.39, 0.29) is 24.0 Å². The van der Waals surface area contributed by atoms with Gasteiger partial charge in [-0.2, -0.15) is 0 Å². The van der Waals surface area contributed by atoms with Gasteiger partial charge in [0.05, 0.1) is 5.92 Å². The number of urea groups is 1. The summed E-state index contributed by atoms with van der Waals surface area (Å²) in [5, 5.41) is 12.1. The molecule has 0 saturated heterocycles. The van der Waals surface area contributed by atoms with Crippen molar-refractivity contribution in [1.82, 2.24) is 10.2 Å². The minimum atomic E-state index is -0.866. The molecule has 0 spiro atoms. The quantitative estimate of drug-likeness (QED) is 0.815.